The van der Waals surface area contributed by atoms with E-state index in [1.807, 2.05) is 33.0 Å². The van der Waals surface area contributed by atoms with Crippen molar-refractivity contribution in [2.24, 2.45) is 11.3 Å². The first-order chi connectivity index (χ1) is 35.5. The molecule has 1 aromatic rings. The second kappa shape index (κ2) is 44.4. The Labute approximate surface area is 449 Å². The van der Waals surface area contributed by atoms with E-state index in [9.17, 15) is 14.4 Å². The molecule has 0 aromatic carbocycles. The summed E-state index contributed by atoms with van der Waals surface area (Å²) in [6.07, 6.45) is 45.1. The lowest BCUT2D eigenvalue weighted by molar-refractivity contribution is -0.154. The first-order valence-corrected chi connectivity index (χ1v) is 31.0. The molecule has 0 radical (unpaired) electrons. The summed E-state index contributed by atoms with van der Waals surface area (Å²) in [5.74, 6) is 0.549. The number of unbranched alkanes of at least 4 members (excludes halogenated alkanes) is 21. The van der Waals surface area contributed by atoms with Gasteiger partial charge in [-0.15, -0.1) is 0 Å². The summed E-state index contributed by atoms with van der Waals surface area (Å²) in [6, 6.07) is 4.11. The highest BCUT2D eigenvalue weighted by molar-refractivity contribution is 5.75. The summed E-state index contributed by atoms with van der Waals surface area (Å²) >= 11 is 0. The normalized spacial score (nSPS) is 15.1. The van der Waals surface area contributed by atoms with E-state index < -0.39 is 5.41 Å². The van der Waals surface area contributed by atoms with Crippen molar-refractivity contribution in [2.45, 2.75) is 297 Å². The fourth-order valence-electron chi connectivity index (χ4n) is 10.6. The van der Waals surface area contributed by atoms with Gasteiger partial charge in [-0.25, -0.2) is 0 Å². The second-order valence-corrected chi connectivity index (χ2v) is 22.9. The maximum atomic E-state index is 13.1. The van der Waals surface area contributed by atoms with Gasteiger partial charge in [0.25, 0.3) is 0 Å². The molecule has 2 heterocycles. The van der Waals surface area contributed by atoms with Gasteiger partial charge in [0.2, 0.25) is 0 Å². The molecule has 1 unspecified atom stereocenters. The van der Waals surface area contributed by atoms with E-state index in [1.54, 1.807) is 12.4 Å². The third kappa shape index (κ3) is 34.5. The summed E-state index contributed by atoms with van der Waals surface area (Å²) < 4.78 is 24.3. The van der Waals surface area contributed by atoms with Crippen LogP contribution in [-0.2, 0) is 33.3 Å². The quantitative estimate of drug-likeness (QED) is 0.0356. The molecule has 0 bridgehead atoms. The van der Waals surface area contributed by atoms with Crippen LogP contribution < -0.4 is 4.90 Å². The monoisotopic (exact) mass is 1030 g/mol. The number of nitrogens with zero attached hydrogens (tertiary/aromatic N) is 3. The topological polar surface area (TPSA) is 108 Å². The molecule has 1 aliphatic heterocycles. The number of rotatable bonds is 50. The Morgan fingerprint density at radius 3 is 1.81 bits per heavy atom. The van der Waals surface area contributed by atoms with Crippen LogP contribution in [0.2, 0.25) is 0 Å². The summed E-state index contributed by atoms with van der Waals surface area (Å²) in [5.41, 5.74) is 0.557. The van der Waals surface area contributed by atoms with E-state index in [0.29, 0.717) is 39.2 Å². The van der Waals surface area contributed by atoms with E-state index in [4.69, 9.17) is 18.9 Å². The number of likely N-dealkylation sites (tertiary alicyclic amines) is 1. The van der Waals surface area contributed by atoms with Gasteiger partial charge in [0.1, 0.15) is 12.2 Å². The minimum absolute atomic E-state index is 0.00587. The molecule has 424 valence electrons. The average molecular weight is 1030 g/mol. The van der Waals surface area contributed by atoms with Gasteiger partial charge in [0, 0.05) is 63.7 Å². The molecular formula is C63H115N3O7. The number of pyridine rings is 1. The maximum Gasteiger partial charge on any atom is 0.311 e. The van der Waals surface area contributed by atoms with Crippen LogP contribution in [0.15, 0.2) is 24.5 Å². The Hall–Kier alpha value is -2.72. The first-order valence-electron chi connectivity index (χ1n) is 31.0. The Balaban J connectivity index is 1.75. The van der Waals surface area contributed by atoms with Crippen LogP contribution in [0.1, 0.15) is 279 Å². The number of hydrogen-bond donors (Lipinski definition) is 0. The molecular weight excluding hydrogens is 911 g/mol. The SMILES string of the molecule is CCCCCCCCC(CCCCCCCC)OC(=O)CCCCCCCOCC1C[C@H](OC(=O)CCN(C)c2ccncc2)CN1CCCCCCC(C)(C)C(=O)OCCCC(CCCCC)CCCCC. The zero-order valence-corrected chi connectivity index (χ0v) is 48.7. The molecule has 2 atom stereocenters. The molecule has 10 heteroatoms. The zero-order chi connectivity index (χ0) is 53.0. The molecule has 0 N–H and O–H groups in total. The van der Waals surface area contributed by atoms with Crippen molar-refractivity contribution in [3.63, 3.8) is 0 Å². The fourth-order valence-corrected chi connectivity index (χ4v) is 10.6. The summed E-state index contributed by atoms with van der Waals surface area (Å²) in [7, 11) is 1.99. The van der Waals surface area contributed by atoms with Crippen molar-refractivity contribution >= 4 is 23.6 Å². The van der Waals surface area contributed by atoms with Crippen LogP contribution in [0.5, 0.6) is 0 Å². The number of esters is 3. The summed E-state index contributed by atoms with van der Waals surface area (Å²) in [5, 5.41) is 0. The molecule has 0 amide bonds. The molecule has 1 aliphatic rings. The highest BCUT2D eigenvalue weighted by Gasteiger charge is 2.34. The molecule has 1 aromatic heterocycles. The van der Waals surface area contributed by atoms with Gasteiger partial charge in [-0.3, -0.25) is 24.3 Å². The minimum Gasteiger partial charge on any atom is -0.465 e. The highest BCUT2D eigenvalue weighted by Crippen LogP contribution is 2.28. The average Bonchev–Trinajstić information content (AvgIpc) is 3.76. The van der Waals surface area contributed by atoms with Crippen LogP contribution in [0.4, 0.5) is 5.69 Å². The van der Waals surface area contributed by atoms with Gasteiger partial charge in [-0.05, 0) is 103 Å². The number of ether oxygens (including phenoxy) is 4. The van der Waals surface area contributed by atoms with E-state index in [0.717, 1.165) is 127 Å². The van der Waals surface area contributed by atoms with E-state index in [-0.39, 0.29) is 36.2 Å². The van der Waals surface area contributed by atoms with E-state index >= 15 is 0 Å². The van der Waals surface area contributed by atoms with Crippen molar-refractivity contribution < 1.29 is 33.3 Å². The third-order valence-electron chi connectivity index (χ3n) is 15.6. The van der Waals surface area contributed by atoms with Gasteiger partial charge < -0.3 is 23.8 Å². The standard InChI is InChI=1S/C63H115N3O7/c1-8-12-16-18-21-29-39-58(40-30-22-19-17-13-9-2)72-60(67)41-31-23-20-26-34-50-70-54-57-52-59(73-61(68)44-49-65(7)56-42-46-64-47-43-56)53-66(57)48-33-25-24-32-45-63(5,6)62(69)71-51-35-38-55(36-27-14-10-3)37-28-15-11-4/h42-43,46-47,55,57-59H,8-41,44-45,48-54H2,1-7H3/t57?,59-/m0/s1. The van der Waals surface area contributed by atoms with Crippen LogP contribution in [0.25, 0.3) is 0 Å². The number of hydrogen-bond acceptors (Lipinski definition) is 10. The Morgan fingerprint density at radius 2 is 1.16 bits per heavy atom. The largest absolute Gasteiger partial charge is 0.465 e. The lowest BCUT2D eigenvalue weighted by Crippen LogP contribution is -2.34. The number of anilines is 1. The first kappa shape index (κ1) is 66.4. The summed E-state index contributed by atoms with van der Waals surface area (Å²) in [4.78, 5) is 47.8. The molecule has 1 saturated heterocycles. The smallest absolute Gasteiger partial charge is 0.311 e. The van der Waals surface area contributed by atoms with Crippen molar-refractivity contribution in [1.82, 2.24) is 9.88 Å². The van der Waals surface area contributed by atoms with Gasteiger partial charge in [0.15, 0.2) is 0 Å². The fraction of sp³-hybridized carbons (Fsp3) is 0.873. The van der Waals surface area contributed by atoms with Crippen molar-refractivity contribution in [3.05, 3.63) is 24.5 Å². The minimum atomic E-state index is -0.472. The van der Waals surface area contributed by atoms with Crippen molar-refractivity contribution in [3.8, 4) is 0 Å². The van der Waals surface area contributed by atoms with Crippen LogP contribution in [0.3, 0.4) is 0 Å². The highest BCUT2D eigenvalue weighted by atomic mass is 16.6. The van der Waals surface area contributed by atoms with E-state index in [2.05, 4.69) is 42.5 Å². The van der Waals surface area contributed by atoms with Gasteiger partial charge in [-0.1, -0.05) is 182 Å². The molecule has 1 fully saturated rings. The lowest BCUT2D eigenvalue weighted by Gasteiger charge is -2.24. The Morgan fingerprint density at radius 1 is 0.630 bits per heavy atom. The Kier molecular flexibility index (Phi) is 40.4. The predicted molar refractivity (Wildman–Crippen MR) is 305 cm³/mol. The van der Waals surface area contributed by atoms with Crippen LogP contribution >= 0.6 is 0 Å². The number of carbonyl (C=O) groups excluding carboxylic acids is 3. The Bertz CT molecular complexity index is 1440. The second-order valence-electron chi connectivity index (χ2n) is 22.9. The maximum absolute atomic E-state index is 13.1. The third-order valence-corrected chi connectivity index (χ3v) is 15.6. The van der Waals surface area contributed by atoms with Crippen LogP contribution in [-0.4, -0.2) is 92.5 Å². The van der Waals surface area contributed by atoms with E-state index in [1.165, 1.54) is 122 Å². The molecule has 2 rings (SSSR count). The summed E-state index contributed by atoms with van der Waals surface area (Å²) in [6.45, 7) is 17.3. The lowest BCUT2D eigenvalue weighted by atomic mass is 9.87. The van der Waals surface area contributed by atoms with Crippen molar-refractivity contribution in [1.29, 1.82) is 0 Å². The van der Waals surface area contributed by atoms with Crippen molar-refractivity contribution in [2.75, 3.05) is 51.4 Å². The van der Waals surface area contributed by atoms with Gasteiger partial charge in [0.05, 0.1) is 25.0 Å². The molecule has 73 heavy (non-hydrogen) atoms. The number of carbonyl (C=O) groups is 3. The number of aromatic nitrogens is 1. The molecule has 0 aliphatic carbocycles. The van der Waals surface area contributed by atoms with Crippen LogP contribution in [0, 0.1) is 11.3 Å². The molecule has 0 spiro atoms. The van der Waals surface area contributed by atoms with Gasteiger partial charge in [-0.2, -0.15) is 0 Å². The molecule has 0 saturated carbocycles. The molecule has 10 nitrogen and oxygen atoms in total. The van der Waals surface area contributed by atoms with Gasteiger partial charge >= 0.3 is 17.9 Å². The zero-order valence-electron chi connectivity index (χ0n) is 48.7. The predicted octanol–water partition coefficient (Wildman–Crippen LogP) is 16.7.